The summed E-state index contributed by atoms with van der Waals surface area (Å²) in [7, 11) is 0. The molecule has 0 aliphatic carbocycles. The minimum absolute atomic E-state index is 0.120. The highest BCUT2D eigenvalue weighted by Gasteiger charge is 2.31. The Morgan fingerprint density at radius 1 is 0.625 bits per heavy atom. The molecule has 2 aliphatic heterocycles. The molecule has 2 aromatic rings. The molecular formula is C20H22O4. The van der Waals surface area contributed by atoms with Crippen LogP contribution in [0, 0.1) is 0 Å². The molecule has 0 radical (unpaired) electrons. The maximum absolute atomic E-state index is 6.00. The highest BCUT2D eigenvalue weighted by molar-refractivity contribution is 5.17. The van der Waals surface area contributed by atoms with Crippen molar-refractivity contribution < 1.29 is 18.9 Å². The molecule has 0 amide bonds. The molecule has 2 aliphatic rings. The van der Waals surface area contributed by atoms with Crippen LogP contribution in [0.5, 0.6) is 0 Å². The van der Waals surface area contributed by atoms with Gasteiger partial charge in [0.05, 0.1) is 25.4 Å². The molecule has 0 saturated carbocycles. The summed E-state index contributed by atoms with van der Waals surface area (Å²) in [5.41, 5.74) is 2.15. The Kier molecular flexibility index (Phi) is 4.90. The van der Waals surface area contributed by atoms with Crippen molar-refractivity contribution in [2.45, 2.75) is 37.6 Å². The summed E-state index contributed by atoms with van der Waals surface area (Å²) in [6, 6.07) is 20.1. The van der Waals surface area contributed by atoms with Gasteiger partial charge in [-0.05, 0) is 12.8 Å². The average Bonchev–Trinajstić information content (AvgIpc) is 3.31. The van der Waals surface area contributed by atoms with Crippen molar-refractivity contribution in [3.05, 3.63) is 71.8 Å². The van der Waals surface area contributed by atoms with Gasteiger partial charge in [0.1, 0.15) is 0 Å². The Labute approximate surface area is 142 Å². The molecule has 4 atom stereocenters. The summed E-state index contributed by atoms with van der Waals surface area (Å²) in [5, 5.41) is 0. The zero-order valence-corrected chi connectivity index (χ0v) is 13.5. The van der Waals surface area contributed by atoms with E-state index in [-0.39, 0.29) is 24.8 Å². The third-order valence-corrected chi connectivity index (χ3v) is 4.45. The van der Waals surface area contributed by atoms with Gasteiger partial charge < -0.3 is 18.9 Å². The Bertz CT molecular complexity index is 573. The predicted molar refractivity (Wildman–Crippen MR) is 89.3 cm³/mol. The highest BCUT2D eigenvalue weighted by Crippen LogP contribution is 2.32. The van der Waals surface area contributed by atoms with Crippen molar-refractivity contribution in [3.8, 4) is 0 Å². The van der Waals surface area contributed by atoms with Gasteiger partial charge in [-0.1, -0.05) is 60.7 Å². The normalized spacial score (nSPS) is 29.8. The molecule has 2 aromatic carbocycles. The topological polar surface area (TPSA) is 36.9 Å². The molecule has 2 fully saturated rings. The Morgan fingerprint density at radius 3 is 1.46 bits per heavy atom. The van der Waals surface area contributed by atoms with Gasteiger partial charge >= 0.3 is 0 Å². The fourth-order valence-corrected chi connectivity index (χ4v) is 3.14. The average molecular weight is 326 g/mol. The van der Waals surface area contributed by atoms with E-state index in [0.717, 1.165) is 24.0 Å². The molecule has 0 N–H and O–H groups in total. The number of hydrogen-bond acceptors (Lipinski definition) is 4. The van der Waals surface area contributed by atoms with Gasteiger partial charge in [0.25, 0.3) is 0 Å². The molecule has 0 aromatic heterocycles. The fraction of sp³-hybridized carbons (Fsp3) is 0.400. The van der Waals surface area contributed by atoms with Gasteiger partial charge in [0.2, 0.25) is 0 Å². The van der Waals surface area contributed by atoms with E-state index in [1.54, 1.807) is 0 Å². The van der Waals surface area contributed by atoms with Crippen LogP contribution in [0.2, 0.25) is 0 Å². The molecule has 4 rings (SSSR count). The van der Waals surface area contributed by atoms with E-state index < -0.39 is 0 Å². The molecule has 126 valence electrons. The maximum Gasteiger partial charge on any atom is 0.184 e. The molecule has 2 heterocycles. The first kappa shape index (κ1) is 15.8. The van der Waals surface area contributed by atoms with Gasteiger partial charge in [-0.2, -0.15) is 0 Å². The van der Waals surface area contributed by atoms with Crippen molar-refractivity contribution in [2.75, 3.05) is 13.2 Å². The molecule has 4 nitrogen and oxygen atoms in total. The standard InChI is InChI=1S/C20H22O4/c1-3-7-15(8-4-1)19-21-13-17(23-19)11-12-18-14-22-20(24-18)16-9-5-2-6-10-16/h1-10,17-20H,11-14H2/t17-,18-,19?,20?/m0/s1. The Morgan fingerprint density at radius 2 is 1.04 bits per heavy atom. The Balaban J connectivity index is 1.24. The van der Waals surface area contributed by atoms with Crippen molar-refractivity contribution in [2.24, 2.45) is 0 Å². The summed E-state index contributed by atoms with van der Waals surface area (Å²) in [5.74, 6) is 0. The van der Waals surface area contributed by atoms with Gasteiger partial charge in [-0.25, -0.2) is 0 Å². The molecule has 2 saturated heterocycles. The lowest BCUT2D eigenvalue weighted by Crippen LogP contribution is -2.16. The van der Waals surface area contributed by atoms with Crippen LogP contribution in [0.3, 0.4) is 0 Å². The summed E-state index contributed by atoms with van der Waals surface area (Å²) in [6.07, 6.45) is 1.59. The highest BCUT2D eigenvalue weighted by atomic mass is 16.7. The number of benzene rings is 2. The minimum atomic E-state index is -0.242. The molecule has 4 heteroatoms. The van der Waals surface area contributed by atoms with E-state index in [1.165, 1.54) is 0 Å². The maximum atomic E-state index is 6.00. The molecular weight excluding hydrogens is 304 g/mol. The van der Waals surface area contributed by atoms with Crippen molar-refractivity contribution in [3.63, 3.8) is 0 Å². The van der Waals surface area contributed by atoms with Crippen LogP contribution < -0.4 is 0 Å². The lowest BCUT2D eigenvalue weighted by Gasteiger charge is -2.14. The van der Waals surface area contributed by atoms with Crippen LogP contribution in [0.4, 0.5) is 0 Å². The first-order valence-electron chi connectivity index (χ1n) is 8.52. The van der Waals surface area contributed by atoms with Crippen LogP contribution in [-0.2, 0) is 18.9 Å². The number of ether oxygens (including phenoxy) is 4. The smallest absolute Gasteiger partial charge is 0.184 e. The van der Waals surface area contributed by atoms with Gasteiger partial charge in [-0.3, -0.25) is 0 Å². The summed E-state index contributed by atoms with van der Waals surface area (Å²) in [4.78, 5) is 0. The largest absolute Gasteiger partial charge is 0.346 e. The Hall–Kier alpha value is -1.72. The molecule has 24 heavy (non-hydrogen) atoms. The van der Waals surface area contributed by atoms with Crippen LogP contribution in [0.1, 0.15) is 36.5 Å². The second-order valence-electron chi connectivity index (χ2n) is 6.25. The fourth-order valence-electron chi connectivity index (χ4n) is 3.14. The zero-order valence-electron chi connectivity index (χ0n) is 13.5. The first-order chi connectivity index (χ1) is 11.9. The molecule has 2 unspecified atom stereocenters. The predicted octanol–water partition coefficient (Wildman–Crippen LogP) is 4.00. The SMILES string of the molecule is c1ccc(C2OC[C@H](CC[C@H]3COC(c4ccccc4)O3)O2)cc1. The molecule has 0 spiro atoms. The zero-order chi connectivity index (χ0) is 16.2. The second-order valence-corrected chi connectivity index (χ2v) is 6.25. The van der Waals surface area contributed by atoms with E-state index in [0.29, 0.717) is 13.2 Å². The van der Waals surface area contributed by atoms with Crippen LogP contribution >= 0.6 is 0 Å². The van der Waals surface area contributed by atoms with Crippen LogP contribution in [0.15, 0.2) is 60.7 Å². The van der Waals surface area contributed by atoms with Crippen LogP contribution in [0.25, 0.3) is 0 Å². The van der Waals surface area contributed by atoms with E-state index in [4.69, 9.17) is 18.9 Å². The third-order valence-electron chi connectivity index (χ3n) is 4.45. The van der Waals surface area contributed by atoms with E-state index in [9.17, 15) is 0 Å². The second kappa shape index (κ2) is 7.45. The summed E-state index contributed by atoms with van der Waals surface area (Å²) >= 11 is 0. The van der Waals surface area contributed by atoms with Crippen molar-refractivity contribution in [1.29, 1.82) is 0 Å². The van der Waals surface area contributed by atoms with E-state index in [2.05, 4.69) is 0 Å². The molecule has 0 bridgehead atoms. The summed E-state index contributed by atoms with van der Waals surface area (Å²) < 4.78 is 23.5. The van der Waals surface area contributed by atoms with Crippen molar-refractivity contribution >= 4 is 0 Å². The van der Waals surface area contributed by atoms with E-state index in [1.807, 2.05) is 60.7 Å². The third kappa shape index (κ3) is 3.68. The number of rotatable bonds is 5. The lowest BCUT2D eigenvalue weighted by molar-refractivity contribution is -0.0707. The quantitative estimate of drug-likeness (QED) is 0.832. The van der Waals surface area contributed by atoms with Gasteiger partial charge in [0.15, 0.2) is 12.6 Å². The monoisotopic (exact) mass is 326 g/mol. The first-order valence-corrected chi connectivity index (χ1v) is 8.52. The van der Waals surface area contributed by atoms with Gasteiger partial charge in [0, 0.05) is 11.1 Å². The minimum Gasteiger partial charge on any atom is -0.346 e. The van der Waals surface area contributed by atoms with Crippen molar-refractivity contribution in [1.82, 2.24) is 0 Å². The van der Waals surface area contributed by atoms with Crippen LogP contribution in [-0.4, -0.2) is 25.4 Å². The summed E-state index contributed by atoms with van der Waals surface area (Å²) in [6.45, 7) is 1.27. The lowest BCUT2D eigenvalue weighted by atomic mass is 10.1. The van der Waals surface area contributed by atoms with Gasteiger partial charge in [-0.15, -0.1) is 0 Å². The number of hydrogen-bond donors (Lipinski definition) is 0. The van der Waals surface area contributed by atoms with E-state index >= 15 is 0 Å².